The minimum atomic E-state index is -0.0389. The molecular formula is C21H17NO3. The van der Waals surface area contributed by atoms with Gasteiger partial charge in [0.2, 0.25) is 0 Å². The van der Waals surface area contributed by atoms with E-state index in [0.717, 1.165) is 22.0 Å². The van der Waals surface area contributed by atoms with Crippen molar-refractivity contribution in [1.29, 1.82) is 0 Å². The van der Waals surface area contributed by atoms with Crippen LogP contribution in [0.15, 0.2) is 65.8 Å². The van der Waals surface area contributed by atoms with E-state index < -0.39 is 0 Å². The summed E-state index contributed by atoms with van der Waals surface area (Å²) in [5.41, 5.74) is 2.74. The Bertz CT molecular complexity index is 986. The van der Waals surface area contributed by atoms with Crippen LogP contribution in [0.2, 0.25) is 0 Å². The topological polar surface area (TPSA) is 47.9 Å². The Kier molecular flexibility index (Phi) is 3.94. The second-order valence-corrected chi connectivity index (χ2v) is 5.85. The zero-order valence-corrected chi connectivity index (χ0v) is 13.9. The SMILES string of the molecule is CO/N=C1\CCOc2cccc(C(=O)c3cccc4ccccc34)c21. The predicted octanol–water partition coefficient (Wildman–Crippen LogP) is 4.20. The number of ether oxygens (including phenoxy) is 1. The average molecular weight is 331 g/mol. The first-order chi connectivity index (χ1) is 12.3. The van der Waals surface area contributed by atoms with Gasteiger partial charge in [0.25, 0.3) is 0 Å². The molecule has 0 aromatic heterocycles. The van der Waals surface area contributed by atoms with Crippen LogP contribution in [0.5, 0.6) is 5.75 Å². The first kappa shape index (κ1) is 15.4. The first-order valence-electron chi connectivity index (χ1n) is 8.18. The van der Waals surface area contributed by atoms with E-state index in [9.17, 15) is 4.79 Å². The van der Waals surface area contributed by atoms with Gasteiger partial charge in [0.1, 0.15) is 12.9 Å². The lowest BCUT2D eigenvalue weighted by molar-refractivity contribution is 0.103. The number of nitrogens with zero attached hydrogens (tertiary/aromatic N) is 1. The van der Waals surface area contributed by atoms with Gasteiger partial charge < -0.3 is 9.57 Å². The van der Waals surface area contributed by atoms with Crippen LogP contribution in [0.4, 0.5) is 0 Å². The number of fused-ring (bicyclic) bond motifs is 2. The fourth-order valence-corrected chi connectivity index (χ4v) is 3.29. The summed E-state index contributed by atoms with van der Waals surface area (Å²) in [4.78, 5) is 18.3. The van der Waals surface area contributed by atoms with Crippen molar-refractivity contribution >= 4 is 22.3 Å². The van der Waals surface area contributed by atoms with Crippen LogP contribution in [0.25, 0.3) is 10.8 Å². The Morgan fingerprint density at radius 1 is 1.00 bits per heavy atom. The van der Waals surface area contributed by atoms with Crippen LogP contribution in [0.1, 0.15) is 27.9 Å². The van der Waals surface area contributed by atoms with Crippen LogP contribution in [-0.4, -0.2) is 25.2 Å². The number of carbonyl (C=O) groups is 1. The molecule has 25 heavy (non-hydrogen) atoms. The number of rotatable bonds is 3. The first-order valence-corrected chi connectivity index (χ1v) is 8.18. The molecule has 0 N–H and O–H groups in total. The Morgan fingerprint density at radius 3 is 2.64 bits per heavy atom. The zero-order chi connectivity index (χ0) is 17.2. The lowest BCUT2D eigenvalue weighted by atomic mass is 9.91. The summed E-state index contributed by atoms with van der Waals surface area (Å²) in [6.45, 7) is 0.529. The summed E-state index contributed by atoms with van der Waals surface area (Å²) in [7, 11) is 1.51. The molecule has 4 heteroatoms. The molecule has 0 radical (unpaired) electrons. The average Bonchev–Trinajstić information content (AvgIpc) is 2.67. The fraction of sp³-hybridized carbons (Fsp3) is 0.143. The fourth-order valence-electron chi connectivity index (χ4n) is 3.29. The molecule has 1 aliphatic rings. The van der Waals surface area contributed by atoms with E-state index >= 15 is 0 Å². The molecule has 1 aliphatic heterocycles. The number of benzene rings is 3. The molecule has 0 bridgehead atoms. The molecule has 4 nitrogen and oxygen atoms in total. The van der Waals surface area contributed by atoms with E-state index in [1.54, 1.807) is 0 Å². The molecule has 0 unspecified atom stereocenters. The predicted molar refractivity (Wildman–Crippen MR) is 97.5 cm³/mol. The summed E-state index contributed by atoms with van der Waals surface area (Å²) in [5, 5.41) is 6.09. The zero-order valence-electron chi connectivity index (χ0n) is 13.9. The molecule has 124 valence electrons. The largest absolute Gasteiger partial charge is 0.492 e. The van der Waals surface area contributed by atoms with Crippen molar-refractivity contribution < 1.29 is 14.4 Å². The van der Waals surface area contributed by atoms with E-state index in [1.807, 2.05) is 60.7 Å². The lowest BCUT2D eigenvalue weighted by Gasteiger charge is -2.21. The second kappa shape index (κ2) is 6.40. The van der Waals surface area contributed by atoms with E-state index in [0.29, 0.717) is 29.9 Å². The Balaban J connectivity index is 1.91. The number of hydrogen-bond acceptors (Lipinski definition) is 4. The molecule has 0 amide bonds. The van der Waals surface area contributed by atoms with Gasteiger partial charge in [-0.25, -0.2) is 0 Å². The summed E-state index contributed by atoms with van der Waals surface area (Å²) in [5.74, 6) is 0.635. The molecule has 1 heterocycles. The van der Waals surface area contributed by atoms with E-state index in [-0.39, 0.29) is 5.78 Å². The maximum Gasteiger partial charge on any atom is 0.194 e. The summed E-state index contributed by atoms with van der Waals surface area (Å²) in [6, 6.07) is 19.2. The molecule has 0 saturated carbocycles. The molecule has 3 aromatic carbocycles. The minimum absolute atomic E-state index is 0.0389. The van der Waals surface area contributed by atoms with Gasteiger partial charge in [-0.2, -0.15) is 0 Å². The van der Waals surface area contributed by atoms with Gasteiger partial charge in [0.15, 0.2) is 5.78 Å². The van der Waals surface area contributed by atoms with Crippen molar-refractivity contribution in [3.8, 4) is 5.75 Å². The van der Waals surface area contributed by atoms with Crippen molar-refractivity contribution in [1.82, 2.24) is 0 Å². The van der Waals surface area contributed by atoms with Crippen molar-refractivity contribution in [2.24, 2.45) is 5.16 Å². The highest BCUT2D eigenvalue weighted by molar-refractivity contribution is 6.22. The van der Waals surface area contributed by atoms with Gasteiger partial charge in [0.05, 0.1) is 17.9 Å². The maximum atomic E-state index is 13.3. The Morgan fingerprint density at radius 2 is 1.76 bits per heavy atom. The van der Waals surface area contributed by atoms with Crippen LogP contribution in [-0.2, 0) is 4.84 Å². The highest BCUT2D eigenvalue weighted by Gasteiger charge is 2.25. The molecule has 0 aliphatic carbocycles. The Labute approximate surface area is 145 Å². The molecular weight excluding hydrogens is 314 g/mol. The number of carbonyl (C=O) groups excluding carboxylic acids is 1. The van der Waals surface area contributed by atoms with Crippen molar-refractivity contribution in [3.05, 3.63) is 77.4 Å². The summed E-state index contributed by atoms with van der Waals surface area (Å²) in [6.07, 6.45) is 0.612. The third-order valence-corrected chi connectivity index (χ3v) is 4.39. The third kappa shape index (κ3) is 2.66. The smallest absolute Gasteiger partial charge is 0.194 e. The summed E-state index contributed by atoms with van der Waals surface area (Å²) < 4.78 is 5.73. The third-order valence-electron chi connectivity index (χ3n) is 4.39. The van der Waals surface area contributed by atoms with E-state index in [2.05, 4.69) is 5.16 Å². The van der Waals surface area contributed by atoms with Crippen molar-refractivity contribution in [2.75, 3.05) is 13.7 Å². The standard InChI is InChI=1S/C21H17NO3/c1-24-22-18-12-13-25-19-11-5-10-17(20(18)19)21(23)16-9-4-7-14-6-2-3-8-15(14)16/h2-11H,12-13H2,1H3/b22-18+. The van der Waals surface area contributed by atoms with Gasteiger partial charge in [-0.1, -0.05) is 59.8 Å². The van der Waals surface area contributed by atoms with Crippen LogP contribution in [0, 0.1) is 0 Å². The summed E-state index contributed by atoms with van der Waals surface area (Å²) >= 11 is 0. The minimum Gasteiger partial charge on any atom is -0.492 e. The van der Waals surface area contributed by atoms with Gasteiger partial charge >= 0.3 is 0 Å². The van der Waals surface area contributed by atoms with Crippen LogP contribution in [0.3, 0.4) is 0 Å². The quantitative estimate of drug-likeness (QED) is 0.534. The number of ketones is 1. The van der Waals surface area contributed by atoms with Gasteiger partial charge in [-0.05, 0) is 16.8 Å². The van der Waals surface area contributed by atoms with Crippen LogP contribution >= 0.6 is 0 Å². The molecule has 3 aromatic rings. The molecule has 0 atom stereocenters. The monoisotopic (exact) mass is 331 g/mol. The van der Waals surface area contributed by atoms with Crippen molar-refractivity contribution in [3.63, 3.8) is 0 Å². The van der Waals surface area contributed by atoms with E-state index in [4.69, 9.17) is 9.57 Å². The molecule has 0 spiro atoms. The normalized spacial score (nSPS) is 14.8. The van der Waals surface area contributed by atoms with E-state index in [1.165, 1.54) is 7.11 Å². The number of hydrogen-bond donors (Lipinski definition) is 0. The second-order valence-electron chi connectivity index (χ2n) is 5.85. The van der Waals surface area contributed by atoms with Crippen LogP contribution < -0.4 is 4.74 Å². The highest BCUT2D eigenvalue weighted by atomic mass is 16.6. The van der Waals surface area contributed by atoms with Crippen molar-refractivity contribution in [2.45, 2.75) is 6.42 Å². The van der Waals surface area contributed by atoms with Gasteiger partial charge in [0, 0.05) is 17.5 Å². The highest BCUT2D eigenvalue weighted by Crippen LogP contribution is 2.31. The van der Waals surface area contributed by atoms with Gasteiger partial charge in [-0.15, -0.1) is 0 Å². The molecule has 0 saturated heterocycles. The number of oxime groups is 1. The lowest BCUT2D eigenvalue weighted by Crippen LogP contribution is -2.20. The van der Waals surface area contributed by atoms with Gasteiger partial charge in [-0.3, -0.25) is 4.79 Å². The maximum absolute atomic E-state index is 13.3. The molecule has 4 rings (SSSR count). The Hall–Kier alpha value is -3.14. The molecule has 0 fully saturated rings.